The topological polar surface area (TPSA) is 95.6 Å². The second-order valence-corrected chi connectivity index (χ2v) is 7.43. The Morgan fingerprint density at radius 3 is 2.58 bits per heavy atom. The summed E-state index contributed by atoms with van der Waals surface area (Å²) in [6.45, 7) is 5.20. The molecule has 3 N–H and O–H groups in total. The highest BCUT2D eigenvalue weighted by molar-refractivity contribution is 6.43. The van der Waals surface area contributed by atoms with E-state index in [1.54, 1.807) is 19.1 Å². The van der Waals surface area contributed by atoms with E-state index in [-0.39, 0.29) is 37.3 Å². The van der Waals surface area contributed by atoms with Gasteiger partial charge in [0.05, 0.1) is 28.4 Å². The number of nitrogens with zero attached hydrogens (tertiary/aromatic N) is 2. The minimum atomic E-state index is -0.787. The minimum Gasteiger partial charge on any atom is -0.306 e. The summed E-state index contributed by atoms with van der Waals surface area (Å²) in [4.78, 5) is 35.4. The molecule has 0 spiro atoms. The molecule has 2 aromatic rings. The van der Waals surface area contributed by atoms with Gasteiger partial charge in [-0.2, -0.15) is 0 Å². The van der Waals surface area contributed by atoms with Gasteiger partial charge in [0.1, 0.15) is 5.16 Å². The molecule has 0 unspecified atom stereocenters. The van der Waals surface area contributed by atoms with E-state index in [2.05, 4.69) is 32.7 Å². The van der Waals surface area contributed by atoms with Crippen molar-refractivity contribution in [2.24, 2.45) is 0 Å². The molecule has 0 aliphatic rings. The van der Waals surface area contributed by atoms with Gasteiger partial charge in [0, 0.05) is 11.2 Å². The molecule has 0 saturated heterocycles. The van der Waals surface area contributed by atoms with E-state index in [4.69, 9.17) is 46.4 Å². The van der Waals surface area contributed by atoms with Gasteiger partial charge in [-0.15, -0.1) is 5.59 Å². The highest BCUT2D eigenvalue weighted by Crippen LogP contribution is 2.32. The zero-order chi connectivity index (χ0) is 23.1. The van der Waals surface area contributed by atoms with Crippen molar-refractivity contribution in [3.05, 3.63) is 74.5 Å². The number of carbonyl (C=O) groups is 2. The number of hydrogen-bond donors (Lipinski definition) is 3. The molecule has 0 aliphatic carbocycles. The Morgan fingerprint density at radius 2 is 1.97 bits per heavy atom. The fourth-order valence-electron chi connectivity index (χ4n) is 2.43. The highest BCUT2D eigenvalue weighted by Gasteiger charge is 2.27. The summed E-state index contributed by atoms with van der Waals surface area (Å²) in [6.07, 6.45) is 2.68. The Balaban J connectivity index is 2.55. The van der Waals surface area contributed by atoms with Gasteiger partial charge in [-0.05, 0) is 42.8 Å². The number of urea groups is 1. The quantitative estimate of drug-likeness (QED) is 0.268. The number of rotatable bonds is 7. The lowest BCUT2D eigenvalue weighted by Crippen LogP contribution is -2.38. The molecule has 164 valence electrons. The van der Waals surface area contributed by atoms with E-state index >= 15 is 0 Å². The van der Waals surface area contributed by atoms with Crippen LogP contribution in [0.2, 0.25) is 10.0 Å². The third kappa shape index (κ3) is 6.10. The van der Waals surface area contributed by atoms with Crippen LogP contribution >= 0.6 is 46.4 Å². The summed E-state index contributed by atoms with van der Waals surface area (Å²) in [5, 5.41) is 2.84. The number of anilines is 2. The molecule has 0 fully saturated rings. The maximum atomic E-state index is 13.3. The Labute approximate surface area is 198 Å². The molecule has 0 aliphatic heterocycles. The molecular formula is C19H17Cl4N5O3. The highest BCUT2D eigenvalue weighted by atomic mass is 35.5. The van der Waals surface area contributed by atoms with E-state index in [0.717, 1.165) is 4.90 Å². The number of pyridine rings is 1. The monoisotopic (exact) mass is 503 g/mol. The fraction of sp³-hybridized carbons (Fsp3) is 0.105. The molecule has 1 aromatic heterocycles. The Hall–Kier alpha value is -2.33. The van der Waals surface area contributed by atoms with E-state index < -0.39 is 11.9 Å². The number of hydrogen-bond acceptors (Lipinski definition) is 5. The largest absolute Gasteiger partial charge is 0.332 e. The number of halogens is 4. The first kappa shape index (κ1) is 24.9. The second kappa shape index (κ2) is 11.3. The van der Waals surface area contributed by atoms with Gasteiger partial charge in [0.15, 0.2) is 5.82 Å². The number of amides is 3. The van der Waals surface area contributed by atoms with Crippen molar-refractivity contribution in [3.8, 4) is 0 Å². The predicted octanol–water partition coefficient (Wildman–Crippen LogP) is 5.36. The third-order valence-corrected chi connectivity index (χ3v) is 5.09. The second-order valence-electron chi connectivity index (χ2n) is 5.82. The zero-order valence-electron chi connectivity index (χ0n) is 16.3. The first-order valence-electron chi connectivity index (χ1n) is 8.49. The first-order chi connectivity index (χ1) is 14.7. The van der Waals surface area contributed by atoms with Crippen LogP contribution in [0, 0.1) is 6.92 Å². The summed E-state index contributed by atoms with van der Waals surface area (Å²) in [5.41, 5.74) is 5.24. The SMILES string of the molecule is C=C/C(Cl)=C(/Cl)N(C(=O)Nc1c(C)cc(Cl)cc1C(=O)NNOC)c1ncccc1Cl. The van der Waals surface area contributed by atoms with E-state index in [1.165, 1.54) is 31.5 Å². The fourth-order valence-corrected chi connectivity index (χ4v) is 3.22. The van der Waals surface area contributed by atoms with Crippen LogP contribution in [-0.2, 0) is 4.84 Å². The van der Waals surface area contributed by atoms with Crippen molar-refractivity contribution >= 4 is 69.8 Å². The standard InChI is InChI=1S/C19H17Cl4N5O3/c1-4-13(21)16(23)28(17-14(22)6-5-7-24-17)19(30)25-15-10(2)8-11(20)9-12(15)18(29)26-27-31-3/h4-9,27H,1H2,2-3H3,(H,25,30)(H,26,29)/b16-13+. The molecule has 31 heavy (non-hydrogen) atoms. The summed E-state index contributed by atoms with van der Waals surface area (Å²) >= 11 is 24.7. The van der Waals surface area contributed by atoms with Gasteiger partial charge in [-0.3, -0.25) is 15.1 Å². The van der Waals surface area contributed by atoms with Crippen molar-refractivity contribution in [1.29, 1.82) is 0 Å². The lowest BCUT2D eigenvalue weighted by molar-refractivity contribution is 0.0459. The molecule has 1 aromatic carbocycles. The molecule has 0 bridgehead atoms. The van der Waals surface area contributed by atoms with Crippen LogP contribution in [0.4, 0.5) is 16.3 Å². The molecule has 0 saturated carbocycles. The van der Waals surface area contributed by atoms with E-state index in [1.807, 2.05) is 0 Å². The van der Waals surface area contributed by atoms with Crippen LogP contribution in [0.3, 0.4) is 0 Å². The van der Waals surface area contributed by atoms with Gasteiger partial charge < -0.3 is 5.32 Å². The van der Waals surface area contributed by atoms with Crippen LogP contribution in [0.25, 0.3) is 0 Å². The Bertz CT molecular complexity index is 1050. The van der Waals surface area contributed by atoms with Crippen LogP contribution in [0.15, 0.2) is 53.3 Å². The van der Waals surface area contributed by atoms with Gasteiger partial charge in [-0.1, -0.05) is 53.0 Å². The summed E-state index contributed by atoms with van der Waals surface area (Å²) in [5.74, 6) is -0.596. The maximum Gasteiger partial charge on any atom is 0.332 e. The van der Waals surface area contributed by atoms with E-state index in [9.17, 15) is 9.59 Å². The van der Waals surface area contributed by atoms with Gasteiger partial charge in [-0.25, -0.2) is 14.7 Å². The first-order valence-corrected chi connectivity index (χ1v) is 10.00. The number of nitrogens with one attached hydrogen (secondary N) is 3. The van der Waals surface area contributed by atoms with Crippen LogP contribution < -0.4 is 21.2 Å². The summed E-state index contributed by atoms with van der Waals surface area (Å²) < 4.78 is 0. The van der Waals surface area contributed by atoms with Crippen LogP contribution in [-0.4, -0.2) is 24.0 Å². The number of allylic oxidation sites excluding steroid dienone is 2. The molecule has 8 nitrogen and oxygen atoms in total. The minimum absolute atomic E-state index is 0.0188. The van der Waals surface area contributed by atoms with Gasteiger partial charge in [0.25, 0.3) is 5.91 Å². The van der Waals surface area contributed by atoms with Crippen molar-refractivity contribution in [1.82, 2.24) is 16.0 Å². The maximum absolute atomic E-state index is 13.3. The zero-order valence-corrected chi connectivity index (χ0v) is 19.3. The molecule has 0 atom stereocenters. The number of hydrazine groups is 1. The Kier molecular flexibility index (Phi) is 9.12. The third-order valence-electron chi connectivity index (χ3n) is 3.77. The number of benzene rings is 1. The van der Waals surface area contributed by atoms with Crippen molar-refractivity contribution in [2.75, 3.05) is 17.3 Å². The Morgan fingerprint density at radius 1 is 1.26 bits per heavy atom. The molecule has 3 amide bonds. The van der Waals surface area contributed by atoms with E-state index in [0.29, 0.717) is 5.56 Å². The average Bonchev–Trinajstić information content (AvgIpc) is 2.74. The van der Waals surface area contributed by atoms with Gasteiger partial charge >= 0.3 is 6.03 Å². The van der Waals surface area contributed by atoms with Crippen LogP contribution in [0.5, 0.6) is 0 Å². The van der Waals surface area contributed by atoms with Crippen molar-refractivity contribution in [3.63, 3.8) is 0 Å². The molecule has 1 heterocycles. The lowest BCUT2D eigenvalue weighted by atomic mass is 10.1. The van der Waals surface area contributed by atoms with Crippen LogP contribution in [0.1, 0.15) is 15.9 Å². The number of carbonyl (C=O) groups excluding carboxylic acids is 2. The average molecular weight is 505 g/mol. The summed E-state index contributed by atoms with van der Waals surface area (Å²) in [7, 11) is 1.32. The molecule has 12 heteroatoms. The number of aromatic nitrogens is 1. The van der Waals surface area contributed by atoms with Crippen molar-refractivity contribution in [2.45, 2.75) is 6.92 Å². The number of aryl methyl sites for hydroxylation is 1. The predicted molar refractivity (Wildman–Crippen MR) is 123 cm³/mol. The van der Waals surface area contributed by atoms with Crippen molar-refractivity contribution < 1.29 is 14.4 Å². The molecular weight excluding hydrogens is 488 g/mol. The summed E-state index contributed by atoms with van der Waals surface area (Å²) in [6, 6.07) is 5.28. The molecule has 2 rings (SSSR count). The normalized spacial score (nSPS) is 11.4. The lowest BCUT2D eigenvalue weighted by Gasteiger charge is -2.24. The smallest absolute Gasteiger partial charge is 0.306 e. The van der Waals surface area contributed by atoms with Gasteiger partial charge in [0.2, 0.25) is 0 Å². The molecule has 0 radical (unpaired) electrons.